The number of carbonyl (C=O) groups is 3. The zero-order valence-corrected chi connectivity index (χ0v) is 8.95. The predicted octanol–water partition coefficient (Wildman–Crippen LogP) is -1.10. The fraction of sp³-hybridized carbons (Fsp3) is 0.700. The smallest absolute Gasteiger partial charge is 0.316 e. The van der Waals surface area contributed by atoms with Crippen LogP contribution < -0.4 is 10.6 Å². The first kappa shape index (κ1) is 11.1. The van der Waals surface area contributed by atoms with E-state index in [1.165, 1.54) is 7.05 Å². The van der Waals surface area contributed by atoms with Crippen molar-refractivity contribution in [1.29, 1.82) is 0 Å². The molecule has 1 amide bonds. The van der Waals surface area contributed by atoms with E-state index >= 15 is 0 Å². The number of rotatable bonds is 2. The van der Waals surface area contributed by atoms with E-state index in [2.05, 4.69) is 10.6 Å². The van der Waals surface area contributed by atoms with E-state index < -0.39 is 23.3 Å². The Labute approximate surface area is 92.4 Å². The van der Waals surface area contributed by atoms with E-state index in [1.807, 2.05) is 0 Å². The maximum Gasteiger partial charge on any atom is 0.316 e. The minimum atomic E-state index is -1.26. The SMILES string of the molecule is CNC(=O)C12CCC(CC(=O)C1C(=O)O)N2. The number of hydrogen-bond acceptors (Lipinski definition) is 4. The normalized spacial score (nSPS) is 37.2. The Hall–Kier alpha value is -1.43. The van der Waals surface area contributed by atoms with E-state index in [9.17, 15) is 14.4 Å². The first-order chi connectivity index (χ1) is 7.51. The summed E-state index contributed by atoms with van der Waals surface area (Å²) in [5.41, 5.74) is -1.24. The van der Waals surface area contributed by atoms with Crippen LogP contribution >= 0.6 is 0 Å². The van der Waals surface area contributed by atoms with Crippen LogP contribution in [0.15, 0.2) is 0 Å². The van der Waals surface area contributed by atoms with Crippen LogP contribution in [-0.4, -0.2) is 41.4 Å². The van der Waals surface area contributed by atoms with Gasteiger partial charge in [-0.1, -0.05) is 0 Å². The molecule has 2 fully saturated rings. The molecular formula is C10H14N2O4. The fourth-order valence-corrected chi connectivity index (χ4v) is 2.81. The molecule has 0 aromatic rings. The van der Waals surface area contributed by atoms with Crippen molar-refractivity contribution >= 4 is 17.7 Å². The topological polar surface area (TPSA) is 95.5 Å². The summed E-state index contributed by atoms with van der Waals surface area (Å²) in [6.45, 7) is 0. The molecular weight excluding hydrogens is 212 g/mol. The molecule has 0 saturated carbocycles. The van der Waals surface area contributed by atoms with Crippen molar-refractivity contribution in [2.45, 2.75) is 30.8 Å². The van der Waals surface area contributed by atoms with E-state index in [0.29, 0.717) is 12.8 Å². The zero-order valence-electron chi connectivity index (χ0n) is 8.95. The highest BCUT2D eigenvalue weighted by Crippen LogP contribution is 2.38. The second-order valence-electron chi connectivity index (χ2n) is 4.37. The maximum absolute atomic E-state index is 11.8. The molecule has 0 aromatic heterocycles. The summed E-state index contributed by atoms with van der Waals surface area (Å²) in [6, 6.07) is -0.0552. The van der Waals surface area contributed by atoms with E-state index in [-0.39, 0.29) is 18.2 Å². The van der Waals surface area contributed by atoms with E-state index in [4.69, 9.17) is 5.11 Å². The number of piperidine rings is 1. The van der Waals surface area contributed by atoms with Crippen molar-refractivity contribution in [2.24, 2.45) is 5.92 Å². The van der Waals surface area contributed by atoms with Crippen LogP contribution in [0.5, 0.6) is 0 Å². The van der Waals surface area contributed by atoms with Gasteiger partial charge in [0.1, 0.15) is 11.5 Å². The summed E-state index contributed by atoms with van der Waals surface area (Å²) in [6.07, 6.45) is 1.28. The number of amides is 1. The number of Topliss-reactive ketones (excluding diaryl/α,β-unsaturated/α-hetero) is 1. The molecule has 16 heavy (non-hydrogen) atoms. The Morgan fingerprint density at radius 3 is 2.81 bits per heavy atom. The van der Waals surface area contributed by atoms with Gasteiger partial charge in [-0.3, -0.25) is 19.7 Å². The van der Waals surface area contributed by atoms with E-state index in [1.54, 1.807) is 0 Å². The van der Waals surface area contributed by atoms with Crippen molar-refractivity contribution in [2.75, 3.05) is 7.05 Å². The minimum absolute atomic E-state index is 0.0552. The minimum Gasteiger partial charge on any atom is -0.481 e. The quantitative estimate of drug-likeness (QED) is 0.519. The lowest BCUT2D eigenvalue weighted by Crippen LogP contribution is -2.66. The summed E-state index contributed by atoms with van der Waals surface area (Å²) in [5, 5.41) is 14.5. The van der Waals surface area contributed by atoms with Crippen LogP contribution in [0.1, 0.15) is 19.3 Å². The Morgan fingerprint density at radius 1 is 1.56 bits per heavy atom. The first-order valence-electron chi connectivity index (χ1n) is 5.26. The van der Waals surface area contributed by atoms with Gasteiger partial charge in [-0.2, -0.15) is 0 Å². The van der Waals surface area contributed by atoms with Gasteiger partial charge in [0, 0.05) is 19.5 Å². The summed E-state index contributed by atoms with van der Waals surface area (Å²) < 4.78 is 0. The molecule has 0 radical (unpaired) electrons. The summed E-state index contributed by atoms with van der Waals surface area (Å²) >= 11 is 0. The highest BCUT2D eigenvalue weighted by molar-refractivity contribution is 6.07. The van der Waals surface area contributed by atoms with Crippen LogP contribution in [0.3, 0.4) is 0 Å². The molecule has 2 aliphatic rings. The number of nitrogens with one attached hydrogen (secondary N) is 2. The third kappa shape index (κ3) is 1.33. The van der Waals surface area contributed by atoms with Gasteiger partial charge in [-0.25, -0.2) is 0 Å². The van der Waals surface area contributed by atoms with Gasteiger partial charge in [0.25, 0.3) is 0 Å². The highest BCUT2D eigenvalue weighted by atomic mass is 16.4. The second-order valence-corrected chi connectivity index (χ2v) is 4.37. The van der Waals surface area contributed by atoms with Crippen molar-refractivity contribution in [3.8, 4) is 0 Å². The molecule has 2 saturated heterocycles. The molecule has 0 aliphatic carbocycles. The van der Waals surface area contributed by atoms with Crippen LogP contribution in [0, 0.1) is 5.92 Å². The fourth-order valence-electron chi connectivity index (χ4n) is 2.81. The highest BCUT2D eigenvalue weighted by Gasteiger charge is 2.59. The first-order valence-corrected chi connectivity index (χ1v) is 5.26. The summed E-state index contributed by atoms with van der Waals surface area (Å²) in [5.74, 6) is -3.24. The molecule has 3 atom stereocenters. The molecule has 88 valence electrons. The van der Waals surface area contributed by atoms with Gasteiger partial charge in [-0.05, 0) is 12.8 Å². The van der Waals surface area contributed by atoms with Crippen molar-refractivity contribution < 1.29 is 19.5 Å². The number of aliphatic carboxylic acids is 1. The molecule has 6 heteroatoms. The number of carbonyl (C=O) groups excluding carboxylic acids is 2. The Kier molecular flexibility index (Phi) is 2.46. The van der Waals surface area contributed by atoms with Gasteiger partial charge >= 0.3 is 5.97 Å². The Balaban J connectivity index is 2.42. The van der Waals surface area contributed by atoms with Gasteiger partial charge < -0.3 is 10.4 Å². The van der Waals surface area contributed by atoms with Crippen molar-refractivity contribution in [1.82, 2.24) is 10.6 Å². The van der Waals surface area contributed by atoms with Gasteiger partial charge in [-0.15, -0.1) is 0 Å². The Bertz CT molecular complexity index is 368. The van der Waals surface area contributed by atoms with Crippen LogP contribution in [0.25, 0.3) is 0 Å². The number of carboxylic acid groups (broad SMARTS) is 1. The maximum atomic E-state index is 11.8. The molecule has 0 aromatic carbocycles. The monoisotopic (exact) mass is 226 g/mol. The average molecular weight is 226 g/mol. The predicted molar refractivity (Wildman–Crippen MR) is 53.7 cm³/mol. The standard InChI is InChI=1S/C10H14N2O4/c1-11-9(16)10-3-2-5(12-10)4-6(13)7(10)8(14)15/h5,7,12H,2-4H2,1H3,(H,11,16)(H,14,15). The molecule has 2 bridgehead atoms. The number of hydrogen-bond donors (Lipinski definition) is 3. The zero-order chi connectivity index (χ0) is 11.9. The lowest BCUT2D eigenvalue weighted by atomic mass is 9.77. The third-order valence-corrected chi connectivity index (χ3v) is 3.49. The number of ketones is 1. The second kappa shape index (κ2) is 3.55. The molecule has 3 N–H and O–H groups in total. The Morgan fingerprint density at radius 2 is 2.25 bits per heavy atom. The lowest BCUT2D eigenvalue weighted by Gasteiger charge is -2.36. The molecule has 2 aliphatic heterocycles. The van der Waals surface area contributed by atoms with Crippen LogP contribution in [0.4, 0.5) is 0 Å². The molecule has 6 nitrogen and oxygen atoms in total. The summed E-state index contributed by atoms with van der Waals surface area (Å²) in [7, 11) is 1.45. The third-order valence-electron chi connectivity index (χ3n) is 3.49. The van der Waals surface area contributed by atoms with Crippen LogP contribution in [0.2, 0.25) is 0 Å². The summed E-state index contributed by atoms with van der Waals surface area (Å²) in [4.78, 5) is 34.7. The number of carboxylic acids is 1. The molecule has 0 spiro atoms. The lowest BCUT2D eigenvalue weighted by molar-refractivity contribution is -0.155. The molecule has 2 heterocycles. The van der Waals surface area contributed by atoms with Gasteiger partial charge in [0.2, 0.25) is 5.91 Å². The van der Waals surface area contributed by atoms with Crippen molar-refractivity contribution in [3.05, 3.63) is 0 Å². The average Bonchev–Trinajstić information content (AvgIpc) is 2.56. The van der Waals surface area contributed by atoms with Gasteiger partial charge in [0.05, 0.1) is 0 Å². The largest absolute Gasteiger partial charge is 0.481 e. The molecule has 3 unspecified atom stereocenters. The van der Waals surface area contributed by atoms with Crippen molar-refractivity contribution in [3.63, 3.8) is 0 Å². The van der Waals surface area contributed by atoms with Crippen LogP contribution in [-0.2, 0) is 14.4 Å². The number of likely N-dealkylation sites (N-methyl/N-ethyl adjacent to an activating group) is 1. The molecule has 2 rings (SSSR count). The van der Waals surface area contributed by atoms with E-state index in [0.717, 1.165) is 0 Å². The number of fused-ring (bicyclic) bond motifs is 2. The van der Waals surface area contributed by atoms with Gasteiger partial charge in [0.15, 0.2) is 5.78 Å².